The van der Waals surface area contributed by atoms with E-state index in [1.54, 1.807) is 6.92 Å². The fourth-order valence-electron chi connectivity index (χ4n) is 2.26. The van der Waals surface area contributed by atoms with Crippen molar-refractivity contribution in [3.8, 4) is 0 Å². The molecule has 0 bridgehead atoms. The summed E-state index contributed by atoms with van der Waals surface area (Å²) in [6, 6.07) is -0.0219. The first kappa shape index (κ1) is 12.5. The molecule has 1 fully saturated rings. The summed E-state index contributed by atoms with van der Waals surface area (Å²) >= 11 is 0. The smallest absolute Gasteiger partial charge is 0.236 e. The Morgan fingerprint density at radius 2 is 1.73 bits per heavy atom. The van der Waals surface area contributed by atoms with Crippen molar-refractivity contribution in [1.82, 2.24) is 5.32 Å². The monoisotopic (exact) mass is 212 g/mol. The Bertz CT molecular complexity index is 206. The zero-order chi connectivity index (χ0) is 11.4. The third kappa shape index (κ3) is 3.82. The Balaban J connectivity index is 2.29. The highest BCUT2D eigenvalue weighted by molar-refractivity contribution is 5.81. The molecule has 1 aliphatic rings. The van der Waals surface area contributed by atoms with Gasteiger partial charge in [-0.25, -0.2) is 0 Å². The van der Waals surface area contributed by atoms with Gasteiger partial charge in [0.25, 0.3) is 0 Å². The van der Waals surface area contributed by atoms with Gasteiger partial charge in [0.05, 0.1) is 6.04 Å². The van der Waals surface area contributed by atoms with Crippen molar-refractivity contribution >= 4 is 5.91 Å². The van der Waals surface area contributed by atoms with E-state index in [0.717, 1.165) is 24.7 Å². The van der Waals surface area contributed by atoms with Crippen LogP contribution in [0.5, 0.6) is 0 Å². The molecule has 0 aromatic heterocycles. The minimum Gasteiger partial charge on any atom is -0.352 e. The van der Waals surface area contributed by atoms with Gasteiger partial charge in [-0.3, -0.25) is 4.79 Å². The highest BCUT2D eigenvalue weighted by atomic mass is 16.2. The van der Waals surface area contributed by atoms with Crippen LogP contribution in [0, 0.1) is 11.8 Å². The van der Waals surface area contributed by atoms with E-state index in [9.17, 15) is 4.79 Å². The lowest BCUT2D eigenvalue weighted by molar-refractivity contribution is -0.123. The van der Waals surface area contributed by atoms with E-state index < -0.39 is 0 Å². The van der Waals surface area contributed by atoms with Crippen LogP contribution in [0.15, 0.2) is 0 Å². The summed E-state index contributed by atoms with van der Waals surface area (Å²) in [4.78, 5) is 11.4. The maximum atomic E-state index is 11.4. The quantitative estimate of drug-likeness (QED) is 0.747. The molecule has 0 heterocycles. The van der Waals surface area contributed by atoms with Gasteiger partial charge in [0.2, 0.25) is 5.91 Å². The van der Waals surface area contributed by atoms with Crippen LogP contribution in [0.4, 0.5) is 0 Å². The molecule has 0 radical (unpaired) electrons. The van der Waals surface area contributed by atoms with E-state index in [-0.39, 0.29) is 11.9 Å². The van der Waals surface area contributed by atoms with E-state index in [1.165, 1.54) is 12.8 Å². The lowest BCUT2D eigenvalue weighted by atomic mass is 9.79. The summed E-state index contributed by atoms with van der Waals surface area (Å²) in [7, 11) is 0. The molecule has 3 nitrogen and oxygen atoms in total. The molecule has 3 N–H and O–H groups in total. The summed E-state index contributed by atoms with van der Waals surface area (Å²) in [5, 5.41) is 3.01. The molecule has 1 rings (SSSR count). The largest absolute Gasteiger partial charge is 0.352 e. The molecule has 0 spiro atoms. The van der Waals surface area contributed by atoms with Crippen molar-refractivity contribution in [2.75, 3.05) is 0 Å². The second kappa shape index (κ2) is 5.50. The normalized spacial score (nSPS) is 28.9. The van der Waals surface area contributed by atoms with Gasteiger partial charge < -0.3 is 11.1 Å². The Morgan fingerprint density at radius 3 is 2.13 bits per heavy atom. The molecule has 0 aliphatic heterocycles. The van der Waals surface area contributed by atoms with Gasteiger partial charge in [0, 0.05) is 6.04 Å². The third-order valence-corrected chi connectivity index (χ3v) is 3.47. The lowest BCUT2D eigenvalue weighted by Crippen LogP contribution is -2.45. The average molecular weight is 212 g/mol. The number of amides is 1. The fourth-order valence-corrected chi connectivity index (χ4v) is 2.26. The van der Waals surface area contributed by atoms with E-state index in [4.69, 9.17) is 5.73 Å². The van der Waals surface area contributed by atoms with Crippen LogP contribution in [0.2, 0.25) is 0 Å². The average Bonchev–Trinajstić information content (AvgIpc) is 2.18. The summed E-state index contributed by atoms with van der Waals surface area (Å²) in [6.45, 7) is 6.30. The van der Waals surface area contributed by atoms with Gasteiger partial charge in [-0.05, 0) is 44.4 Å². The van der Waals surface area contributed by atoms with Gasteiger partial charge >= 0.3 is 0 Å². The highest BCUT2D eigenvalue weighted by Crippen LogP contribution is 2.29. The van der Waals surface area contributed by atoms with Crippen LogP contribution in [0.25, 0.3) is 0 Å². The Labute approximate surface area is 92.8 Å². The van der Waals surface area contributed by atoms with Crippen molar-refractivity contribution in [2.45, 2.75) is 58.5 Å². The lowest BCUT2D eigenvalue weighted by Gasteiger charge is -2.31. The summed E-state index contributed by atoms with van der Waals surface area (Å²) < 4.78 is 0. The SMILES string of the molecule is CC(C)C1CCC(NC(=O)[C@@H](C)N)CC1. The van der Waals surface area contributed by atoms with Crippen LogP contribution in [-0.2, 0) is 4.79 Å². The van der Waals surface area contributed by atoms with Crippen molar-refractivity contribution in [2.24, 2.45) is 17.6 Å². The number of carbonyl (C=O) groups is 1. The van der Waals surface area contributed by atoms with E-state index >= 15 is 0 Å². The van der Waals surface area contributed by atoms with Crippen molar-refractivity contribution in [3.63, 3.8) is 0 Å². The Hall–Kier alpha value is -0.570. The molecule has 1 amide bonds. The van der Waals surface area contributed by atoms with Crippen molar-refractivity contribution < 1.29 is 4.79 Å². The molecule has 0 unspecified atom stereocenters. The number of carbonyl (C=O) groups excluding carboxylic acids is 1. The van der Waals surface area contributed by atoms with Crippen LogP contribution in [0.3, 0.4) is 0 Å². The zero-order valence-corrected chi connectivity index (χ0v) is 10.1. The minimum absolute atomic E-state index is 0.0111. The first-order valence-electron chi connectivity index (χ1n) is 6.06. The topological polar surface area (TPSA) is 55.1 Å². The number of nitrogens with two attached hydrogens (primary N) is 1. The van der Waals surface area contributed by atoms with E-state index in [2.05, 4.69) is 19.2 Å². The molecular weight excluding hydrogens is 188 g/mol. The molecule has 15 heavy (non-hydrogen) atoms. The standard InChI is InChI=1S/C12H24N2O/c1-8(2)10-4-6-11(7-5-10)14-12(15)9(3)13/h8-11H,4-7,13H2,1-3H3,(H,14,15)/t9-,10?,11?/m1/s1. The number of hydrogen-bond donors (Lipinski definition) is 2. The maximum Gasteiger partial charge on any atom is 0.236 e. The molecule has 1 saturated carbocycles. The molecular formula is C12H24N2O. The Kier molecular flexibility index (Phi) is 4.58. The molecule has 0 aromatic carbocycles. The second-order valence-electron chi connectivity index (χ2n) is 5.15. The van der Waals surface area contributed by atoms with Gasteiger partial charge in [-0.1, -0.05) is 13.8 Å². The minimum atomic E-state index is -0.382. The predicted molar refractivity (Wildman–Crippen MR) is 62.4 cm³/mol. The summed E-state index contributed by atoms with van der Waals surface area (Å²) in [5.41, 5.74) is 5.52. The maximum absolute atomic E-state index is 11.4. The molecule has 1 aliphatic carbocycles. The summed E-state index contributed by atoms with van der Waals surface area (Å²) in [6.07, 6.45) is 4.70. The van der Waals surface area contributed by atoms with Crippen LogP contribution >= 0.6 is 0 Å². The van der Waals surface area contributed by atoms with Crippen LogP contribution in [-0.4, -0.2) is 18.0 Å². The number of hydrogen-bond acceptors (Lipinski definition) is 2. The molecule has 3 heteroatoms. The predicted octanol–water partition coefficient (Wildman–Crippen LogP) is 1.66. The first-order chi connectivity index (χ1) is 7.00. The van der Waals surface area contributed by atoms with Gasteiger partial charge in [-0.2, -0.15) is 0 Å². The second-order valence-corrected chi connectivity index (χ2v) is 5.15. The van der Waals surface area contributed by atoms with E-state index in [1.807, 2.05) is 0 Å². The first-order valence-corrected chi connectivity index (χ1v) is 6.06. The Morgan fingerprint density at radius 1 is 1.20 bits per heavy atom. The van der Waals surface area contributed by atoms with Gasteiger partial charge in [-0.15, -0.1) is 0 Å². The molecule has 1 atom stereocenters. The fraction of sp³-hybridized carbons (Fsp3) is 0.917. The van der Waals surface area contributed by atoms with Crippen molar-refractivity contribution in [3.05, 3.63) is 0 Å². The summed E-state index contributed by atoms with van der Waals surface area (Å²) in [5.74, 6) is 1.60. The van der Waals surface area contributed by atoms with Crippen LogP contribution in [0.1, 0.15) is 46.5 Å². The molecule has 0 saturated heterocycles. The number of nitrogens with one attached hydrogen (secondary N) is 1. The molecule has 0 aromatic rings. The molecule has 88 valence electrons. The van der Waals surface area contributed by atoms with E-state index in [0.29, 0.717) is 6.04 Å². The highest BCUT2D eigenvalue weighted by Gasteiger charge is 2.24. The number of rotatable bonds is 3. The van der Waals surface area contributed by atoms with Crippen LogP contribution < -0.4 is 11.1 Å². The third-order valence-electron chi connectivity index (χ3n) is 3.47. The van der Waals surface area contributed by atoms with Gasteiger partial charge in [0.1, 0.15) is 0 Å². The zero-order valence-electron chi connectivity index (χ0n) is 10.1. The van der Waals surface area contributed by atoms with Gasteiger partial charge in [0.15, 0.2) is 0 Å². The van der Waals surface area contributed by atoms with Crippen molar-refractivity contribution in [1.29, 1.82) is 0 Å².